The Bertz CT molecular complexity index is 786. The summed E-state index contributed by atoms with van der Waals surface area (Å²) >= 11 is 0. The quantitative estimate of drug-likeness (QED) is 0.357. The minimum atomic E-state index is -4.77. The maximum Gasteiger partial charge on any atom is 0.573 e. The fourth-order valence-electron chi connectivity index (χ4n) is 2.13. The third kappa shape index (κ3) is 7.04. The lowest BCUT2D eigenvalue weighted by atomic mass is 10.2. The fraction of sp³-hybridized carbons (Fsp3) is 0.235. The number of halogens is 4. The van der Waals surface area contributed by atoms with E-state index in [1.165, 1.54) is 32.4 Å². The zero-order valence-electron chi connectivity index (χ0n) is 14.5. The van der Waals surface area contributed by atoms with Gasteiger partial charge >= 0.3 is 6.36 Å². The van der Waals surface area contributed by atoms with Crippen molar-refractivity contribution in [3.05, 3.63) is 48.0 Å². The van der Waals surface area contributed by atoms with Crippen LogP contribution >= 0.6 is 24.0 Å². The summed E-state index contributed by atoms with van der Waals surface area (Å²) in [5.41, 5.74) is 6.64. The van der Waals surface area contributed by atoms with Gasteiger partial charge in [-0.25, -0.2) is 4.99 Å². The molecule has 148 valence electrons. The maximum absolute atomic E-state index is 12.4. The van der Waals surface area contributed by atoms with E-state index in [-0.39, 0.29) is 47.8 Å². The third-order valence-corrected chi connectivity index (χ3v) is 3.27. The summed E-state index contributed by atoms with van der Waals surface area (Å²) in [5.74, 6) is 0.753. The van der Waals surface area contributed by atoms with Gasteiger partial charge in [0.05, 0.1) is 20.8 Å². The van der Waals surface area contributed by atoms with Crippen LogP contribution in [0.25, 0.3) is 0 Å². The molecule has 0 unspecified atom stereocenters. The molecular weight excluding hydrogens is 478 g/mol. The van der Waals surface area contributed by atoms with Gasteiger partial charge in [0, 0.05) is 17.3 Å². The van der Waals surface area contributed by atoms with Crippen LogP contribution in [0.2, 0.25) is 0 Å². The van der Waals surface area contributed by atoms with Crippen LogP contribution < -0.4 is 25.3 Å². The second-order valence-electron chi connectivity index (χ2n) is 5.05. The van der Waals surface area contributed by atoms with Crippen LogP contribution in [0.4, 0.5) is 18.9 Å². The zero-order chi connectivity index (χ0) is 19.2. The maximum atomic E-state index is 12.4. The lowest BCUT2D eigenvalue weighted by Gasteiger charge is -2.13. The first kappa shape index (κ1) is 22.7. The number of methoxy groups -OCH3 is 2. The molecule has 0 aromatic heterocycles. The van der Waals surface area contributed by atoms with E-state index in [1.54, 1.807) is 24.3 Å². The average molecular weight is 497 g/mol. The first-order valence-corrected chi connectivity index (χ1v) is 7.45. The van der Waals surface area contributed by atoms with Crippen molar-refractivity contribution in [3.63, 3.8) is 0 Å². The van der Waals surface area contributed by atoms with E-state index in [0.717, 1.165) is 0 Å². The van der Waals surface area contributed by atoms with Gasteiger partial charge in [-0.05, 0) is 18.2 Å². The number of ether oxygens (including phenoxy) is 3. The second-order valence-corrected chi connectivity index (χ2v) is 5.05. The molecule has 27 heavy (non-hydrogen) atoms. The summed E-state index contributed by atoms with van der Waals surface area (Å²) in [6.07, 6.45) is -4.77. The predicted octanol–water partition coefficient (Wildman–Crippen LogP) is 4.15. The van der Waals surface area contributed by atoms with E-state index in [0.29, 0.717) is 17.2 Å². The van der Waals surface area contributed by atoms with Crippen molar-refractivity contribution in [1.82, 2.24) is 0 Å². The first-order chi connectivity index (χ1) is 12.3. The van der Waals surface area contributed by atoms with Crippen LogP contribution in [0.15, 0.2) is 47.5 Å². The monoisotopic (exact) mass is 497 g/mol. The number of rotatable bonds is 6. The smallest absolute Gasteiger partial charge is 0.493 e. The van der Waals surface area contributed by atoms with Crippen molar-refractivity contribution in [2.24, 2.45) is 10.7 Å². The van der Waals surface area contributed by atoms with E-state index in [2.05, 4.69) is 15.0 Å². The summed E-state index contributed by atoms with van der Waals surface area (Å²) in [6.45, 7) is -0.0849. The van der Waals surface area contributed by atoms with Crippen LogP contribution in [0.3, 0.4) is 0 Å². The average Bonchev–Trinajstić information content (AvgIpc) is 2.59. The van der Waals surface area contributed by atoms with Crippen molar-refractivity contribution >= 4 is 35.6 Å². The molecule has 6 nitrogen and oxygen atoms in total. The van der Waals surface area contributed by atoms with Gasteiger partial charge in [0.25, 0.3) is 0 Å². The highest BCUT2D eigenvalue weighted by Crippen LogP contribution is 2.30. The molecular formula is C17H19F3IN3O3. The number of guanidine groups is 1. The van der Waals surface area contributed by atoms with Gasteiger partial charge in [0.1, 0.15) is 5.75 Å². The minimum Gasteiger partial charge on any atom is -0.493 e. The molecule has 0 heterocycles. The summed E-state index contributed by atoms with van der Waals surface area (Å²) in [5, 5.41) is 2.84. The molecule has 0 bridgehead atoms. The summed E-state index contributed by atoms with van der Waals surface area (Å²) in [7, 11) is 3.01. The van der Waals surface area contributed by atoms with Crippen LogP contribution in [-0.4, -0.2) is 26.5 Å². The highest BCUT2D eigenvalue weighted by molar-refractivity contribution is 14.0. The number of hydrogen-bond acceptors (Lipinski definition) is 4. The summed E-state index contributed by atoms with van der Waals surface area (Å²) in [6, 6.07) is 10.8. The molecule has 0 aliphatic heterocycles. The number of benzene rings is 2. The molecule has 2 aromatic carbocycles. The number of alkyl halides is 3. The molecule has 0 radical (unpaired) electrons. The van der Waals surface area contributed by atoms with Gasteiger partial charge < -0.3 is 25.3 Å². The van der Waals surface area contributed by atoms with Crippen LogP contribution in [0.1, 0.15) is 5.56 Å². The predicted molar refractivity (Wildman–Crippen MR) is 107 cm³/mol. The summed E-state index contributed by atoms with van der Waals surface area (Å²) in [4.78, 5) is 4.04. The number of aliphatic imine (C=N–C) groups is 1. The molecule has 2 aromatic rings. The Morgan fingerprint density at radius 3 is 2.33 bits per heavy atom. The van der Waals surface area contributed by atoms with Gasteiger partial charge in [0.15, 0.2) is 17.5 Å². The molecule has 0 spiro atoms. The summed E-state index contributed by atoms with van der Waals surface area (Å²) < 4.78 is 51.6. The van der Waals surface area contributed by atoms with Crippen molar-refractivity contribution in [2.45, 2.75) is 12.9 Å². The number of nitrogens with zero attached hydrogens (tertiary/aromatic N) is 1. The number of nitrogens with one attached hydrogen (secondary N) is 1. The lowest BCUT2D eigenvalue weighted by molar-refractivity contribution is -0.274. The van der Waals surface area contributed by atoms with Crippen molar-refractivity contribution in [2.75, 3.05) is 19.5 Å². The van der Waals surface area contributed by atoms with Crippen LogP contribution in [-0.2, 0) is 6.54 Å². The van der Waals surface area contributed by atoms with Crippen LogP contribution in [0.5, 0.6) is 17.2 Å². The molecule has 0 fully saturated rings. The molecule has 0 saturated carbocycles. The topological polar surface area (TPSA) is 78.1 Å². The van der Waals surface area contributed by atoms with E-state index >= 15 is 0 Å². The van der Waals surface area contributed by atoms with Crippen LogP contribution in [0, 0.1) is 0 Å². The van der Waals surface area contributed by atoms with Gasteiger partial charge in [-0.3, -0.25) is 0 Å². The highest BCUT2D eigenvalue weighted by atomic mass is 127. The molecule has 0 saturated heterocycles. The SMILES string of the molecule is COc1ccc(NC(N)=NCc2ccccc2OC(F)(F)F)cc1OC.I. The van der Waals surface area contributed by atoms with Crippen molar-refractivity contribution in [3.8, 4) is 17.2 Å². The number of hydrogen-bond donors (Lipinski definition) is 2. The molecule has 0 amide bonds. The van der Waals surface area contributed by atoms with Crippen molar-refractivity contribution < 1.29 is 27.4 Å². The normalized spacial score (nSPS) is 11.4. The third-order valence-electron chi connectivity index (χ3n) is 3.27. The second kappa shape index (κ2) is 10.1. The Balaban J connectivity index is 0.00000364. The first-order valence-electron chi connectivity index (χ1n) is 7.45. The largest absolute Gasteiger partial charge is 0.573 e. The molecule has 3 N–H and O–H groups in total. The molecule has 0 aliphatic carbocycles. The Labute approximate surface area is 171 Å². The Morgan fingerprint density at radius 2 is 1.70 bits per heavy atom. The van der Waals surface area contributed by atoms with Gasteiger partial charge in [-0.2, -0.15) is 0 Å². The molecule has 0 atom stereocenters. The van der Waals surface area contributed by atoms with E-state index < -0.39 is 6.36 Å². The van der Waals surface area contributed by atoms with E-state index in [1.807, 2.05) is 0 Å². The number of para-hydroxylation sites is 1. The lowest BCUT2D eigenvalue weighted by Crippen LogP contribution is -2.23. The Hall–Kier alpha value is -2.37. The van der Waals surface area contributed by atoms with E-state index in [9.17, 15) is 13.2 Å². The fourth-order valence-corrected chi connectivity index (χ4v) is 2.13. The van der Waals surface area contributed by atoms with E-state index in [4.69, 9.17) is 15.2 Å². The standard InChI is InChI=1S/C17H18F3N3O3.HI/c1-24-14-8-7-12(9-15(14)25-2)23-16(21)22-10-11-5-3-4-6-13(11)26-17(18,19)20;/h3-9H,10H2,1-2H3,(H3,21,22,23);1H. The number of anilines is 1. The van der Waals surface area contributed by atoms with Gasteiger partial charge in [-0.1, -0.05) is 18.2 Å². The highest BCUT2D eigenvalue weighted by Gasteiger charge is 2.31. The molecule has 2 rings (SSSR count). The minimum absolute atomic E-state index is 0. The van der Waals surface area contributed by atoms with Gasteiger partial charge in [0.2, 0.25) is 0 Å². The Morgan fingerprint density at radius 1 is 1.04 bits per heavy atom. The zero-order valence-corrected chi connectivity index (χ0v) is 16.9. The molecule has 0 aliphatic rings. The van der Waals surface area contributed by atoms with Gasteiger partial charge in [-0.15, -0.1) is 37.1 Å². The van der Waals surface area contributed by atoms with Crippen molar-refractivity contribution in [1.29, 1.82) is 0 Å². The molecule has 10 heteroatoms. The number of nitrogens with two attached hydrogens (primary N) is 1. The Kier molecular flexibility index (Phi) is 8.47.